The van der Waals surface area contributed by atoms with Crippen LogP contribution in [-0.4, -0.2) is 36.9 Å². The number of nitrogens with zero attached hydrogens (tertiary/aromatic N) is 2. The number of aromatic nitrogens is 2. The predicted octanol–water partition coefficient (Wildman–Crippen LogP) is 1.83. The fourth-order valence-corrected chi connectivity index (χ4v) is 1.87. The molecule has 104 valence electrons. The first-order valence-corrected chi connectivity index (χ1v) is 6.45. The Morgan fingerprint density at radius 3 is 2.67 bits per heavy atom. The second kappa shape index (κ2) is 6.85. The zero-order valence-corrected chi connectivity index (χ0v) is 12.1. The van der Waals surface area contributed by atoms with Gasteiger partial charge in [-0.25, -0.2) is 0 Å². The van der Waals surface area contributed by atoms with Crippen LogP contribution in [0.25, 0.3) is 0 Å². The number of hydrogen-bond acceptors (Lipinski definition) is 5. The van der Waals surface area contributed by atoms with E-state index < -0.39 is 0 Å². The van der Waals surface area contributed by atoms with E-state index in [4.69, 9.17) is 9.26 Å². The van der Waals surface area contributed by atoms with Crippen molar-refractivity contribution in [1.82, 2.24) is 15.5 Å². The van der Waals surface area contributed by atoms with Crippen LogP contribution in [0.1, 0.15) is 38.9 Å². The number of rotatable bonds is 7. The Balaban J connectivity index is 2.52. The minimum Gasteiger partial charge on any atom is -0.385 e. The van der Waals surface area contributed by atoms with E-state index in [-0.39, 0.29) is 5.41 Å². The van der Waals surface area contributed by atoms with Gasteiger partial charge < -0.3 is 14.6 Å². The lowest BCUT2D eigenvalue weighted by molar-refractivity contribution is 0.194. The van der Waals surface area contributed by atoms with Crippen LogP contribution in [0.5, 0.6) is 0 Å². The Morgan fingerprint density at radius 1 is 1.39 bits per heavy atom. The zero-order valence-electron chi connectivity index (χ0n) is 12.1. The standard InChI is InChI=1S/C13H25N3O2/c1-13(2,3)10(14-4)9-12-15-11(16-18-12)7-6-8-17-5/h10,14H,6-9H2,1-5H3. The molecular formula is C13H25N3O2. The van der Waals surface area contributed by atoms with E-state index in [9.17, 15) is 0 Å². The first-order valence-electron chi connectivity index (χ1n) is 6.45. The molecule has 0 saturated carbocycles. The molecule has 1 atom stereocenters. The molecule has 0 aliphatic heterocycles. The van der Waals surface area contributed by atoms with Crippen molar-refractivity contribution in [2.75, 3.05) is 20.8 Å². The molecule has 1 aromatic rings. The fraction of sp³-hybridized carbons (Fsp3) is 0.846. The Kier molecular flexibility index (Phi) is 5.75. The maximum atomic E-state index is 5.28. The molecule has 0 bridgehead atoms. The molecule has 0 spiro atoms. The molecule has 0 aromatic carbocycles. The van der Waals surface area contributed by atoms with Gasteiger partial charge in [0, 0.05) is 32.6 Å². The lowest BCUT2D eigenvalue weighted by Gasteiger charge is -2.29. The van der Waals surface area contributed by atoms with Crippen molar-refractivity contribution < 1.29 is 9.26 Å². The highest BCUT2D eigenvalue weighted by atomic mass is 16.5. The number of hydrogen-bond donors (Lipinski definition) is 1. The first kappa shape index (κ1) is 15.1. The van der Waals surface area contributed by atoms with E-state index in [1.807, 2.05) is 7.05 Å². The van der Waals surface area contributed by atoms with Gasteiger partial charge in [0.05, 0.1) is 0 Å². The number of methoxy groups -OCH3 is 1. The molecule has 0 fully saturated rings. The first-order chi connectivity index (χ1) is 8.47. The highest BCUT2D eigenvalue weighted by molar-refractivity contribution is 4.93. The number of likely N-dealkylation sites (N-methyl/N-ethyl adjacent to an activating group) is 1. The van der Waals surface area contributed by atoms with Crippen molar-refractivity contribution in [2.24, 2.45) is 5.41 Å². The molecule has 5 heteroatoms. The average molecular weight is 255 g/mol. The lowest BCUT2D eigenvalue weighted by atomic mass is 9.85. The maximum Gasteiger partial charge on any atom is 0.228 e. The van der Waals surface area contributed by atoms with Crippen LogP contribution < -0.4 is 5.32 Å². The largest absolute Gasteiger partial charge is 0.385 e. The van der Waals surface area contributed by atoms with Crippen molar-refractivity contribution in [3.8, 4) is 0 Å². The minimum atomic E-state index is 0.166. The van der Waals surface area contributed by atoms with Gasteiger partial charge in [-0.15, -0.1) is 0 Å². The summed E-state index contributed by atoms with van der Waals surface area (Å²) in [7, 11) is 3.66. The van der Waals surface area contributed by atoms with Crippen LogP contribution >= 0.6 is 0 Å². The number of ether oxygens (including phenoxy) is 1. The molecular weight excluding hydrogens is 230 g/mol. The second-order valence-corrected chi connectivity index (χ2v) is 5.61. The summed E-state index contributed by atoms with van der Waals surface area (Å²) in [5.74, 6) is 1.47. The highest BCUT2D eigenvalue weighted by Gasteiger charge is 2.25. The molecule has 1 heterocycles. The Hall–Kier alpha value is -0.940. The number of aryl methyl sites for hydroxylation is 1. The summed E-state index contributed by atoms with van der Waals surface area (Å²) in [4.78, 5) is 4.41. The fourth-order valence-electron chi connectivity index (χ4n) is 1.87. The molecule has 0 saturated heterocycles. The molecule has 18 heavy (non-hydrogen) atoms. The van der Waals surface area contributed by atoms with E-state index in [1.165, 1.54) is 0 Å². The van der Waals surface area contributed by atoms with Gasteiger partial charge in [-0.05, 0) is 18.9 Å². The van der Waals surface area contributed by atoms with Gasteiger partial charge in [0.1, 0.15) is 0 Å². The van der Waals surface area contributed by atoms with Crippen LogP contribution in [0.3, 0.4) is 0 Å². The minimum absolute atomic E-state index is 0.166. The van der Waals surface area contributed by atoms with Crippen LogP contribution in [0.2, 0.25) is 0 Å². The summed E-state index contributed by atoms with van der Waals surface area (Å²) in [6, 6.07) is 0.324. The molecule has 1 N–H and O–H groups in total. The SMILES string of the molecule is CNC(Cc1nc(CCCOC)no1)C(C)(C)C. The summed E-state index contributed by atoms with van der Waals surface area (Å²) >= 11 is 0. The molecule has 0 amide bonds. The van der Waals surface area contributed by atoms with Gasteiger partial charge >= 0.3 is 0 Å². The van der Waals surface area contributed by atoms with E-state index in [0.717, 1.165) is 31.7 Å². The summed E-state index contributed by atoms with van der Waals surface area (Å²) in [5, 5.41) is 7.29. The summed E-state index contributed by atoms with van der Waals surface area (Å²) in [6.45, 7) is 7.32. The second-order valence-electron chi connectivity index (χ2n) is 5.61. The van der Waals surface area contributed by atoms with Crippen LogP contribution in [-0.2, 0) is 17.6 Å². The summed E-state index contributed by atoms with van der Waals surface area (Å²) < 4.78 is 10.3. The normalized spacial score (nSPS) is 13.8. The van der Waals surface area contributed by atoms with Crippen LogP contribution in [0.4, 0.5) is 0 Å². The van der Waals surface area contributed by atoms with Crippen molar-refractivity contribution in [2.45, 2.75) is 46.1 Å². The van der Waals surface area contributed by atoms with Crippen LogP contribution in [0, 0.1) is 5.41 Å². The van der Waals surface area contributed by atoms with Crippen molar-refractivity contribution in [3.05, 3.63) is 11.7 Å². The zero-order chi connectivity index (χ0) is 13.6. The van der Waals surface area contributed by atoms with Gasteiger partial charge in [0.15, 0.2) is 5.82 Å². The number of nitrogens with one attached hydrogen (secondary N) is 1. The summed E-state index contributed by atoms with van der Waals surface area (Å²) in [5.41, 5.74) is 0.166. The summed E-state index contributed by atoms with van der Waals surface area (Å²) in [6.07, 6.45) is 2.48. The maximum absolute atomic E-state index is 5.28. The van der Waals surface area contributed by atoms with Gasteiger partial charge in [0.25, 0.3) is 0 Å². The van der Waals surface area contributed by atoms with E-state index in [0.29, 0.717) is 11.9 Å². The van der Waals surface area contributed by atoms with Crippen LogP contribution in [0.15, 0.2) is 4.52 Å². The Labute approximate surface area is 109 Å². The molecule has 1 aromatic heterocycles. The highest BCUT2D eigenvalue weighted by Crippen LogP contribution is 2.21. The third kappa shape index (κ3) is 4.74. The Morgan fingerprint density at radius 2 is 2.11 bits per heavy atom. The quantitative estimate of drug-likeness (QED) is 0.753. The van der Waals surface area contributed by atoms with Gasteiger partial charge in [-0.1, -0.05) is 25.9 Å². The Bertz CT molecular complexity index is 344. The van der Waals surface area contributed by atoms with Crippen molar-refractivity contribution in [1.29, 1.82) is 0 Å². The molecule has 0 radical (unpaired) electrons. The van der Waals surface area contributed by atoms with Gasteiger partial charge in [0.2, 0.25) is 5.89 Å². The van der Waals surface area contributed by atoms with Crippen molar-refractivity contribution in [3.63, 3.8) is 0 Å². The monoisotopic (exact) mass is 255 g/mol. The smallest absolute Gasteiger partial charge is 0.228 e. The van der Waals surface area contributed by atoms with E-state index in [2.05, 4.69) is 36.2 Å². The van der Waals surface area contributed by atoms with E-state index in [1.54, 1.807) is 7.11 Å². The molecule has 5 nitrogen and oxygen atoms in total. The predicted molar refractivity (Wildman–Crippen MR) is 70.5 cm³/mol. The topological polar surface area (TPSA) is 60.2 Å². The molecule has 1 unspecified atom stereocenters. The van der Waals surface area contributed by atoms with E-state index >= 15 is 0 Å². The lowest BCUT2D eigenvalue weighted by Crippen LogP contribution is -2.39. The van der Waals surface area contributed by atoms with Gasteiger partial charge in [-0.2, -0.15) is 4.98 Å². The molecule has 0 aliphatic carbocycles. The molecule has 1 rings (SSSR count). The molecule has 0 aliphatic rings. The average Bonchev–Trinajstić information content (AvgIpc) is 2.72. The van der Waals surface area contributed by atoms with Gasteiger partial charge in [-0.3, -0.25) is 0 Å². The third-order valence-electron chi connectivity index (χ3n) is 3.03. The third-order valence-corrected chi connectivity index (χ3v) is 3.03. The van der Waals surface area contributed by atoms with Crippen molar-refractivity contribution >= 4 is 0 Å².